The van der Waals surface area contributed by atoms with Gasteiger partial charge in [-0.3, -0.25) is 4.98 Å². The summed E-state index contributed by atoms with van der Waals surface area (Å²) in [5.41, 5.74) is 10.4. The molecule has 1 aliphatic heterocycles. The van der Waals surface area contributed by atoms with Gasteiger partial charge in [-0.05, 0) is 75.5 Å². The molecule has 0 atom stereocenters. The molecule has 2 aromatic heterocycles. The Kier molecular flexibility index (Phi) is 6.55. The minimum Gasteiger partial charge on any atom is -0.432 e. The summed E-state index contributed by atoms with van der Waals surface area (Å²) in [6.45, 7) is 2.92. The highest BCUT2D eigenvalue weighted by Gasteiger charge is 2.16. The standard InChI is InChI=1S/C23H28ClN5O/c1-29-10-8-16(9-11-29)2-5-19-6-3-18(13-26-19)17-4-7-21(24)22(12-17)27-14-20-15-30-23(25)28-20/h3-4,6-7,12-13,15-16,27H,2,5,8-11,14H2,1H3,(H2,25,28). The fourth-order valence-electron chi connectivity index (χ4n) is 3.88. The maximum Gasteiger partial charge on any atom is 0.292 e. The topological polar surface area (TPSA) is 80.2 Å². The summed E-state index contributed by atoms with van der Waals surface area (Å²) in [6.07, 6.45) is 8.36. The summed E-state index contributed by atoms with van der Waals surface area (Å²) in [7, 11) is 2.21. The van der Waals surface area contributed by atoms with Crippen LogP contribution in [0.5, 0.6) is 0 Å². The maximum atomic E-state index is 6.35. The van der Waals surface area contributed by atoms with Gasteiger partial charge in [-0.2, -0.15) is 4.98 Å². The predicted octanol–water partition coefficient (Wildman–Crippen LogP) is 4.86. The van der Waals surface area contributed by atoms with Crippen molar-refractivity contribution in [3.8, 4) is 11.1 Å². The lowest BCUT2D eigenvalue weighted by molar-refractivity contribution is 0.212. The largest absolute Gasteiger partial charge is 0.432 e. The second kappa shape index (κ2) is 9.49. The molecule has 1 saturated heterocycles. The third-order valence-corrected chi connectivity index (χ3v) is 6.13. The number of piperidine rings is 1. The molecule has 6 nitrogen and oxygen atoms in total. The van der Waals surface area contributed by atoms with E-state index in [0.717, 1.165) is 40.5 Å². The number of nitrogens with one attached hydrogen (secondary N) is 1. The Morgan fingerprint density at radius 2 is 1.97 bits per heavy atom. The van der Waals surface area contributed by atoms with Crippen LogP contribution in [0.1, 0.15) is 30.7 Å². The van der Waals surface area contributed by atoms with Crippen LogP contribution in [-0.2, 0) is 13.0 Å². The van der Waals surface area contributed by atoms with Crippen molar-refractivity contribution < 1.29 is 4.42 Å². The molecule has 0 radical (unpaired) electrons. The van der Waals surface area contributed by atoms with Gasteiger partial charge in [0, 0.05) is 17.5 Å². The molecule has 3 aromatic rings. The molecular weight excluding hydrogens is 398 g/mol. The van der Waals surface area contributed by atoms with Gasteiger partial charge in [-0.15, -0.1) is 0 Å². The summed E-state index contributed by atoms with van der Waals surface area (Å²) >= 11 is 6.35. The number of nitrogens with two attached hydrogens (primary N) is 1. The fraction of sp³-hybridized carbons (Fsp3) is 0.391. The van der Waals surface area contributed by atoms with E-state index in [1.165, 1.54) is 38.6 Å². The third kappa shape index (κ3) is 5.32. The summed E-state index contributed by atoms with van der Waals surface area (Å²) in [4.78, 5) is 11.2. The highest BCUT2D eigenvalue weighted by Crippen LogP contribution is 2.29. The summed E-state index contributed by atoms with van der Waals surface area (Å²) in [6, 6.07) is 10.4. The van der Waals surface area contributed by atoms with Crippen molar-refractivity contribution in [3.63, 3.8) is 0 Å². The lowest BCUT2D eigenvalue weighted by Gasteiger charge is -2.28. The van der Waals surface area contributed by atoms with Crippen molar-refractivity contribution >= 4 is 23.3 Å². The first-order chi connectivity index (χ1) is 14.6. The van der Waals surface area contributed by atoms with Gasteiger partial charge < -0.3 is 20.4 Å². The molecule has 7 heteroatoms. The van der Waals surface area contributed by atoms with Gasteiger partial charge in [0.2, 0.25) is 0 Å². The molecule has 0 aliphatic carbocycles. The number of halogens is 1. The van der Waals surface area contributed by atoms with Crippen LogP contribution < -0.4 is 11.1 Å². The number of likely N-dealkylation sites (tertiary alicyclic amines) is 1. The zero-order chi connectivity index (χ0) is 20.9. The van der Waals surface area contributed by atoms with Crippen LogP contribution in [0, 0.1) is 5.92 Å². The van der Waals surface area contributed by atoms with E-state index in [9.17, 15) is 0 Å². The Morgan fingerprint density at radius 1 is 1.17 bits per heavy atom. The quantitative estimate of drug-likeness (QED) is 0.562. The van der Waals surface area contributed by atoms with Crippen molar-refractivity contribution in [1.29, 1.82) is 0 Å². The number of hydrogen-bond donors (Lipinski definition) is 2. The number of aryl methyl sites for hydroxylation is 1. The second-order valence-corrected chi connectivity index (χ2v) is 8.46. The number of oxazole rings is 1. The Balaban J connectivity index is 1.37. The number of pyridine rings is 1. The zero-order valence-corrected chi connectivity index (χ0v) is 18.0. The number of aromatic nitrogens is 2. The van der Waals surface area contributed by atoms with Crippen molar-refractivity contribution in [1.82, 2.24) is 14.9 Å². The molecule has 0 amide bonds. The molecule has 3 N–H and O–H groups in total. The summed E-state index contributed by atoms with van der Waals surface area (Å²) in [5, 5.41) is 3.94. The van der Waals surface area contributed by atoms with Gasteiger partial charge in [0.25, 0.3) is 6.01 Å². The van der Waals surface area contributed by atoms with E-state index >= 15 is 0 Å². The van der Waals surface area contributed by atoms with Gasteiger partial charge >= 0.3 is 0 Å². The zero-order valence-electron chi connectivity index (χ0n) is 17.3. The van der Waals surface area contributed by atoms with Gasteiger partial charge in [0.05, 0.1) is 17.3 Å². The van der Waals surface area contributed by atoms with Crippen molar-refractivity contribution in [2.24, 2.45) is 5.92 Å². The molecule has 1 aromatic carbocycles. The highest BCUT2D eigenvalue weighted by molar-refractivity contribution is 6.33. The smallest absolute Gasteiger partial charge is 0.292 e. The number of nitrogen functional groups attached to an aromatic ring is 1. The fourth-order valence-corrected chi connectivity index (χ4v) is 4.06. The van der Waals surface area contributed by atoms with E-state index < -0.39 is 0 Å². The summed E-state index contributed by atoms with van der Waals surface area (Å²) < 4.78 is 5.03. The van der Waals surface area contributed by atoms with Crippen LogP contribution in [-0.4, -0.2) is 35.0 Å². The molecule has 0 bridgehead atoms. The van der Waals surface area contributed by atoms with Crippen LogP contribution in [0.2, 0.25) is 5.02 Å². The van der Waals surface area contributed by atoms with E-state index in [0.29, 0.717) is 11.6 Å². The van der Waals surface area contributed by atoms with Crippen LogP contribution in [0.3, 0.4) is 0 Å². The lowest BCUT2D eigenvalue weighted by atomic mass is 9.91. The van der Waals surface area contributed by atoms with E-state index in [-0.39, 0.29) is 6.01 Å². The number of anilines is 2. The summed E-state index contributed by atoms with van der Waals surface area (Å²) in [5.74, 6) is 0.827. The molecule has 3 heterocycles. The molecule has 30 heavy (non-hydrogen) atoms. The van der Waals surface area contributed by atoms with Crippen LogP contribution >= 0.6 is 11.6 Å². The third-order valence-electron chi connectivity index (χ3n) is 5.80. The predicted molar refractivity (Wildman–Crippen MR) is 121 cm³/mol. The molecule has 0 spiro atoms. The Bertz CT molecular complexity index is 964. The van der Waals surface area contributed by atoms with Gasteiger partial charge in [-0.25, -0.2) is 0 Å². The monoisotopic (exact) mass is 425 g/mol. The van der Waals surface area contributed by atoms with Crippen LogP contribution in [0.15, 0.2) is 47.2 Å². The number of nitrogens with zero attached hydrogens (tertiary/aromatic N) is 3. The Morgan fingerprint density at radius 3 is 2.67 bits per heavy atom. The molecule has 1 aliphatic rings. The van der Waals surface area contributed by atoms with E-state index in [1.807, 2.05) is 24.4 Å². The molecule has 0 saturated carbocycles. The first-order valence-corrected chi connectivity index (χ1v) is 10.8. The van der Waals surface area contributed by atoms with Crippen molar-refractivity contribution in [3.05, 3.63) is 59.2 Å². The Labute approximate surface area is 182 Å². The molecular formula is C23H28ClN5O. The number of hydrogen-bond acceptors (Lipinski definition) is 6. The van der Waals surface area contributed by atoms with E-state index in [1.54, 1.807) is 0 Å². The van der Waals surface area contributed by atoms with Crippen molar-refractivity contribution in [2.45, 2.75) is 32.2 Å². The molecule has 4 rings (SSSR count). The first kappa shape index (κ1) is 20.7. The van der Waals surface area contributed by atoms with Crippen LogP contribution in [0.4, 0.5) is 11.7 Å². The van der Waals surface area contributed by atoms with Gasteiger partial charge in [0.1, 0.15) is 12.0 Å². The first-order valence-electron chi connectivity index (χ1n) is 10.4. The second-order valence-electron chi connectivity index (χ2n) is 8.05. The maximum absolute atomic E-state index is 6.35. The molecule has 0 unspecified atom stereocenters. The highest BCUT2D eigenvalue weighted by atomic mass is 35.5. The van der Waals surface area contributed by atoms with E-state index in [4.69, 9.17) is 26.7 Å². The van der Waals surface area contributed by atoms with Crippen molar-refractivity contribution in [2.75, 3.05) is 31.2 Å². The number of rotatable bonds is 7. The van der Waals surface area contributed by atoms with E-state index in [2.05, 4.69) is 34.4 Å². The van der Waals surface area contributed by atoms with Gasteiger partial charge in [0.15, 0.2) is 0 Å². The lowest BCUT2D eigenvalue weighted by Crippen LogP contribution is -2.30. The Hall–Kier alpha value is -2.57. The average Bonchev–Trinajstić information content (AvgIpc) is 3.18. The molecule has 1 fully saturated rings. The minimum atomic E-state index is 0.161. The van der Waals surface area contributed by atoms with Crippen LogP contribution in [0.25, 0.3) is 11.1 Å². The normalized spacial score (nSPS) is 15.4. The number of benzene rings is 1. The molecule has 158 valence electrons. The van der Waals surface area contributed by atoms with Gasteiger partial charge in [-0.1, -0.05) is 23.7 Å². The average molecular weight is 426 g/mol. The SMILES string of the molecule is CN1CCC(CCc2ccc(-c3ccc(Cl)c(NCc4coc(N)n4)c3)cn2)CC1. The minimum absolute atomic E-state index is 0.161.